The van der Waals surface area contributed by atoms with Gasteiger partial charge >= 0.3 is 5.76 Å². The lowest BCUT2D eigenvalue weighted by molar-refractivity contribution is -0.139. The topological polar surface area (TPSA) is 126 Å². The first-order valence-corrected chi connectivity index (χ1v) is 16.3. The Morgan fingerprint density at radius 1 is 1.02 bits per heavy atom. The molecule has 0 bridgehead atoms. The Hall–Kier alpha value is -3.73. The lowest BCUT2D eigenvalue weighted by Crippen LogP contribution is -2.60. The molecule has 3 aliphatic rings. The second kappa shape index (κ2) is 11.6. The molecule has 44 heavy (non-hydrogen) atoms. The highest BCUT2D eigenvalue weighted by atomic mass is 35.5. The van der Waals surface area contributed by atoms with Crippen LogP contribution in [0.3, 0.4) is 0 Å². The van der Waals surface area contributed by atoms with Gasteiger partial charge in [-0.2, -0.15) is 0 Å². The van der Waals surface area contributed by atoms with Gasteiger partial charge in [0.05, 0.1) is 21.7 Å². The molecular weight excluding hydrogens is 580 g/mol. The number of halogens is 1. The van der Waals surface area contributed by atoms with Crippen LogP contribution >= 0.6 is 11.6 Å². The van der Waals surface area contributed by atoms with Crippen molar-refractivity contribution in [2.24, 2.45) is 17.8 Å². The minimum Gasteiger partial charge on any atom is -0.338 e. The van der Waals surface area contributed by atoms with Gasteiger partial charge in [-0.3, -0.25) is 19.3 Å². The fourth-order valence-electron chi connectivity index (χ4n) is 7.30. The predicted octanol–water partition coefficient (Wildman–Crippen LogP) is 5.54. The number of anilines is 1. The van der Waals surface area contributed by atoms with Gasteiger partial charge < -0.3 is 14.4 Å². The van der Waals surface area contributed by atoms with E-state index in [1.54, 1.807) is 12.4 Å². The molecule has 4 aromatic rings. The number of hydrogen-bond donors (Lipinski definition) is 1. The van der Waals surface area contributed by atoms with Gasteiger partial charge in [-0.25, -0.2) is 14.8 Å². The molecule has 5 heterocycles. The smallest absolute Gasteiger partial charge is 0.338 e. The minimum atomic E-state index is -0.650. The van der Waals surface area contributed by atoms with Crippen molar-refractivity contribution in [3.05, 3.63) is 40.1 Å². The number of carbonyl (C=O) groups excluding carboxylic acids is 1. The van der Waals surface area contributed by atoms with Crippen molar-refractivity contribution >= 4 is 34.5 Å². The molecule has 4 aromatic heterocycles. The maximum absolute atomic E-state index is 13.2. The van der Waals surface area contributed by atoms with Crippen molar-refractivity contribution in [3.8, 4) is 22.8 Å². The lowest BCUT2D eigenvalue weighted by Gasteiger charge is -2.46. The fourth-order valence-corrected chi connectivity index (χ4v) is 7.47. The summed E-state index contributed by atoms with van der Waals surface area (Å²) in [7, 11) is 0. The number of nitrogens with one attached hydrogen (secondary N) is 1. The van der Waals surface area contributed by atoms with Gasteiger partial charge in [0.25, 0.3) is 0 Å². The van der Waals surface area contributed by atoms with E-state index in [1.807, 2.05) is 12.1 Å². The van der Waals surface area contributed by atoms with E-state index in [4.69, 9.17) is 26.1 Å². The number of aromatic nitrogens is 6. The van der Waals surface area contributed by atoms with Crippen molar-refractivity contribution in [3.63, 3.8) is 0 Å². The summed E-state index contributed by atoms with van der Waals surface area (Å²) in [6, 6.07) is 3.85. The molecule has 7 rings (SSSR count). The fraction of sp³-hybridized carbons (Fsp3) is 0.562. The number of fused-ring (bicyclic) bond motifs is 1. The van der Waals surface area contributed by atoms with Gasteiger partial charge in [-0.15, -0.1) is 0 Å². The number of amides is 1. The van der Waals surface area contributed by atoms with Crippen LogP contribution in [0.2, 0.25) is 5.02 Å². The van der Waals surface area contributed by atoms with Crippen molar-refractivity contribution in [2.45, 2.75) is 84.3 Å². The number of pyridine rings is 2. The third-order valence-electron chi connectivity index (χ3n) is 9.86. The maximum atomic E-state index is 13.2. The monoisotopic (exact) mass is 618 g/mol. The first-order valence-electron chi connectivity index (χ1n) is 15.9. The highest BCUT2D eigenvalue weighted by Gasteiger charge is 2.39. The van der Waals surface area contributed by atoms with Crippen LogP contribution in [-0.2, 0) is 11.3 Å². The summed E-state index contributed by atoms with van der Waals surface area (Å²) >= 11 is 6.43. The minimum absolute atomic E-state index is 0.0697. The Bertz CT molecular complexity index is 1720. The molecule has 12 heteroatoms. The Morgan fingerprint density at radius 3 is 2.41 bits per heavy atom. The molecule has 0 aromatic carbocycles. The summed E-state index contributed by atoms with van der Waals surface area (Å²) in [5, 5.41) is 4.41. The van der Waals surface area contributed by atoms with Crippen LogP contribution < -0.4 is 10.7 Å². The zero-order valence-corrected chi connectivity index (χ0v) is 26.3. The molecule has 2 aliphatic carbocycles. The van der Waals surface area contributed by atoms with E-state index in [0.717, 1.165) is 67.1 Å². The van der Waals surface area contributed by atoms with Crippen LogP contribution in [0.5, 0.6) is 0 Å². The molecule has 232 valence electrons. The first kappa shape index (κ1) is 29.0. The average Bonchev–Trinajstić information content (AvgIpc) is 3.56. The van der Waals surface area contributed by atoms with E-state index in [-0.39, 0.29) is 23.8 Å². The third kappa shape index (κ3) is 5.39. The molecule has 0 radical (unpaired) electrons. The van der Waals surface area contributed by atoms with Crippen LogP contribution in [0.1, 0.15) is 65.7 Å². The van der Waals surface area contributed by atoms with Crippen LogP contribution in [0.15, 0.2) is 33.8 Å². The number of piperazine rings is 1. The van der Waals surface area contributed by atoms with Gasteiger partial charge in [0, 0.05) is 55.6 Å². The van der Waals surface area contributed by atoms with Crippen LogP contribution in [0.4, 0.5) is 5.95 Å². The first-order chi connectivity index (χ1) is 21.2. The molecular formula is C32H39ClN8O3. The molecule has 1 amide bonds. The largest absolute Gasteiger partial charge is 0.439 e. The van der Waals surface area contributed by atoms with Gasteiger partial charge in [0.1, 0.15) is 5.69 Å². The van der Waals surface area contributed by atoms with Crippen molar-refractivity contribution in [2.75, 3.05) is 18.0 Å². The number of hydrogen-bond acceptors (Lipinski definition) is 8. The summed E-state index contributed by atoms with van der Waals surface area (Å²) in [6.45, 7) is 8.85. The van der Waals surface area contributed by atoms with Gasteiger partial charge in [0.2, 0.25) is 17.7 Å². The second-order valence-electron chi connectivity index (χ2n) is 13.2. The maximum Gasteiger partial charge on any atom is 0.439 e. The number of imidazole rings is 1. The number of aromatic amines is 1. The second-order valence-corrected chi connectivity index (χ2v) is 13.6. The lowest BCUT2D eigenvalue weighted by atomic mass is 9.83. The standard InChI is InChI=1S/C32H39ClN8O3/c1-18-7-9-21(10-8-18)17-40-28-25(36-31(40)41-19(2)15-39(16-20(41)3)30(42)22-5-4-6-22)12-26(29-37-32(43)44-38-29)35-27(28)23-11-24(33)14-34-13-23/h11-14,18-22H,4-10,15-17H2,1-3H3,(H,37,38,43)/t18-,19-,20-,21-/m1/s1. The Morgan fingerprint density at radius 2 is 1.77 bits per heavy atom. The summed E-state index contributed by atoms with van der Waals surface area (Å²) in [5.41, 5.74) is 3.48. The normalized spacial score (nSPS) is 24.5. The van der Waals surface area contributed by atoms with Gasteiger partial charge in [0.15, 0.2) is 0 Å². The van der Waals surface area contributed by atoms with E-state index < -0.39 is 5.76 Å². The van der Waals surface area contributed by atoms with Gasteiger partial charge in [-0.1, -0.05) is 42.9 Å². The highest BCUT2D eigenvalue weighted by Crippen LogP contribution is 2.39. The van der Waals surface area contributed by atoms with E-state index in [2.05, 4.69) is 50.3 Å². The number of rotatable bonds is 6. The molecule has 11 nitrogen and oxygen atoms in total. The van der Waals surface area contributed by atoms with Crippen molar-refractivity contribution < 1.29 is 9.32 Å². The molecule has 0 spiro atoms. The third-order valence-corrected chi connectivity index (χ3v) is 10.1. The summed E-state index contributed by atoms with van der Waals surface area (Å²) in [6.07, 6.45) is 11.3. The number of H-pyrrole nitrogens is 1. The summed E-state index contributed by atoms with van der Waals surface area (Å²) in [5.74, 6) is 2.18. The quantitative estimate of drug-likeness (QED) is 0.298. The zero-order valence-electron chi connectivity index (χ0n) is 25.5. The SMILES string of the molecule is C[C@@H]1CN(C(=O)C2CCC2)C[C@@H](C)N1c1nc2cc(-c3noc(=O)[nH]3)nc(-c3cncc(Cl)c3)c2n1C[C@H]1CC[C@H](C)CC1. The molecule has 0 unspecified atom stereocenters. The number of nitrogens with zero attached hydrogens (tertiary/aromatic N) is 7. The highest BCUT2D eigenvalue weighted by molar-refractivity contribution is 6.30. The molecule has 3 fully saturated rings. The van der Waals surface area contributed by atoms with Crippen LogP contribution in [0.25, 0.3) is 33.8 Å². The summed E-state index contributed by atoms with van der Waals surface area (Å²) in [4.78, 5) is 46.8. The average molecular weight is 619 g/mol. The van der Waals surface area contributed by atoms with Crippen LogP contribution in [-0.4, -0.2) is 65.6 Å². The Labute approximate surface area is 261 Å². The molecule has 1 saturated heterocycles. The molecule has 2 atom stereocenters. The summed E-state index contributed by atoms with van der Waals surface area (Å²) < 4.78 is 7.15. The Balaban J connectivity index is 1.37. The van der Waals surface area contributed by atoms with Crippen LogP contribution in [0, 0.1) is 17.8 Å². The molecule has 2 saturated carbocycles. The van der Waals surface area contributed by atoms with Crippen molar-refractivity contribution in [1.82, 2.24) is 34.6 Å². The number of carbonyl (C=O) groups is 1. The van der Waals surface area contributed by atoms with Crippen molar-refractivity contribution in [1.29, 1.82) is 0 Å². The van der Waals surface area contributed by atoms with E-state index in [9.17, 15) is 9.59 Å². The molecule has 1 N–H and O–H groups in total. The van der Waals surface area contributed by atoms with Gasteiger partial charge in [-0.05, 0) is 63.5 Å². The zero-order chi connectivity index (χ0) is 30.5. The van der Waals surface area contributed by atoms with E-state index in [1.165, 1.54) is 12.8 Å². The van der Waals surface area contributed by atoms with E-state index >= 15 is 0 Å². The van der Waals surface area contributed by atoms with E-state index in [0.29, 0.717) is 41.3 Å². The molecule has 1 aliphatic heterocycles. The predicted molar refractivity (Wildman–Crippen MR) is 168 cm³/mol. The Kier molecular flexibility index (Phi) is 7.68.